The molecule has 1 amide bonds. The standard InChI is InChI=1S/C13H25NO3/c1-3-14(4-2)12(15)10-8-6-5-7-9-11-13(16)17/h3-11H2,1-2H3,(H,16,17). The molecule has 0 spiro atoms. The number of carbonyl (C=O) groups is 2. The molecule has 0 unspecified atom stereocenters. The summed E-state index contributed by atoms with van der Waals surface area (Å²) in [4.78, 5) is 23.8. The maximum Gasteiger partial charge on any atom is 0.303 e. The maximum atomic E-state index is 11.6. The third-order valence-corrected chi connectivity index (χ3v) is 2.90. The largest absolute Gasteiger partial charge is 0.481 e. The molecule has 0 aliphatic heterocycles. The van der Waals surface area contributed by atoms with Crippen LogP contribution < -0.4 is 0 Å². The molecule has 100 valence electrons. The van der Waals surface area contributed by atoms with Gasteiger partial charge in [-0.2, -0.15) is 0 Å². The maximum absolute atomic E-state index is 11.6. The number of amides is 1. The molecule has 0 radical (unpaired) electrons. The van der Waals surface area contributed by atoms with Crippen molar-refractivity contribution in [3.8, 4) is 0 Å². The van der Waals surface area contributed by atoms with E-state index in [9.17, 15) is 9.59 Å². The van der Waals surface area contributed by atoms with Gasteiger partial charge in [-0.25, -0.2) is 0 Å². The fourth-order valence-electron chi connectivity index (χ4n) is 1.82. The lowest BCUT2D eigenvalue weighted by Crippen LogP contribution is -2.30. The van der Waals surface area contributed by atoms with Crippen LogP contribution in [0.3, 0.4) is 0 Å². The summed E-state index contributed by atoms with van der Waals surface area (Å²) in [6, 6.07) is 0. The zero-order valence-corrected chi connectivity index (χ0v) is 11.1. The van der Waals surface area contributed by atoms with Gasteiger partial charge >= 0.3 is 5.97 Å². The van der Waals surface area contributed by atoms with Crippen molar-refractivity contribution in [2.24, 2.45) is 0 Å². The van der Waals surface area contributed by atoms with Gasteiger partial charge in [0.2, 0.25) is 5.91 Å². The molecular formula is C13H25NO3. The Morgan fingerprint density at radius 2 is 1.35 bits per heavy atom. The van der Waals surface area contributed by atoms with Gasteiger partial charge in [0, 0.05) is 25.9 Å². The Hall–Kier alpha value is -1.06. The van der Waals surface area contributed by atoms with Gasteiger partial charge in [-0.3, -0.25) is 9.59 Å². The topological polar surface area (TPSA) is 57.6 Å². The van der Waals surface area contributed by atoms with Gasteiger partial charge in [-0.1, -0.05) is 19.3 Å². The van der Waals surface area contributed by atoms with Crippen molar-refractivity contribution in [3.05, 3.63) is 0 Å². The van der Waals surface area contributed by atoms with Crippen LogP contribution in [0.25, 0.3) is 0 Å². The Morgan fingerprint density at radius 1 is 0.882 bits per heavy atom. The highest BCUT2D eigenvalue weighted by Gasteiger charge is 2.08. The van der Waals surface area contributed by atoms with E-state index >= 15 is 0 Å². The van der Waals surface area contributed by atoms with E-state index < -0.39 is 5.97 Å². The van der Waals surface area contributed by atoms with Gasteiger partial charge < -0.3 is 10.0 Å². The lowest BCUT2D eigenvalue weighted by atomic mass is 10.1. The second-order valence-corrected chi connectivity index (χ2v) is 4.23. The SMILES string of the molecule is CCN(CC)C(=O)CCCCCCCC(=O)O. The van der Waals surface area contributed by atoms with Crippen LogP contribution in [0, 0.1) is 0 Å². The van der Waals surface area contributed by atoms with E-state index in [1.165, 1.54) is 0 Å². The summed E-state index contributed by atoms with van der Waals surface area (Å²) >= 11 is 0. The summed E-state index contributed by atoms with van der Waals surface area (Å²) in [5.74, 6) is -0.484. The molecule has 0 aliphatic carbocycles. The van der Waals surface area contributed by atoms with Crippen molar-refractivity contribution in [2.75, 3.05) is 13.1 Å². The first-order chi connectivity index (χ1) is 8.11. The Labute approximate surface area is 104 Å². The third kappa shape index (κ3) is 8.72. The molecule has 4 heteroatoms. The minimum Gasteiger partial charge on any atom is -0.481 e. The number of aliphatic carboxylic acids is 1. The van der Waals surface area contributed by atoms with E-state index in [0.717, 1.165) is 45.2 Å². The average Bonchev–Trinajstić information content (AvgIpc) is 2.29. The van der Waals surface area contributed by atoms with E-state index in [-0.39, 0.29) is 12.3 Å². The number of hydrogen-bond donors (Lipinski definition) is 1. The second kappa shape index (κ2) is 10.1. The first-order valence-corrected chi connectivity index (χ1v) is 6.61. The van der Waals surface area contributed by atoms with Gasteiger partial charge in [0.15, 0.2) is 0 Å². The highest BCUT2D eigenvalue weighted by molar-refractivity contribution is 5.76. The normalized spacial score (nSPS) is 10.2. The molecule has 1 N–H and O–H groups in total. The number of carbonyl (C=O) groups excluding carboxylic acids is 1. The lowest BCUT2D eigenvalue weighted by molar-refractivity contribution is -0.137. The zero-order valence-electron chi connectivity index (χ0n) is 11.1. The number of nitrogens with zero attached hydrogens (tertiary/aromatic N) is 1. The summed E-state index contributed by atoms with van der Waals surface area (Å²) in [7, 11) is 0. The minimum atomic E-state index is -0.721. The number of unbranched alkanes of at least 4 members (excludes halogenated alkanes) is 4. The van der Waals surface area contributed by atoms with Crippen molar-refractivity contribution in [1.29, 1.82) is 0 Å². The number of carboxylic acid groups (broad SMARTS) is 1. The molecule has 0 aromatic heterocycles. The molecule has 0 rings (SSSR count). The smallest absolute Gasteiger partial charge is 0.303 e. The molecule has 0 bridgehead atoms. The fraction of sp³-hybridized carbons (Fsp3) is 0.846. The highest BCUT2D eigenvalue weighted by Crippen LogP contribution is 2.08. The molecule has 0 aromatic rings. The number of hydrogen-bond acceptors (Lipinski definition) is 2. The Balaban J connectivity index is 3.39. The quantitative estimate of drug-likeness (QED) is 0.600. The summed E-state index contributed by atoms with van der Waals surface area (Å²) in [5, 5.41) is 8.45. The molecule has 0 aliphatic rings. The van der Waals surface area contributed by atoms with E-state index in [0.29, 0.717) is 6.42 Å². The van der Waals surface area contributed by atoms with E-state index in [1.807, 2.05) is 18.7 Å². The predicted octanol–water partition coefficient (Wildman–Crippen LogP) is 2.67. The molecule has 0 aromatic carbocycles. The first kappa shape index (κ1) is 15.9. The molecule has 0 heterocycles. The summed E-state index contributed by atoms with van der Waals surface area (Å²) in [6.07, 6.45) is 5.55. The van der Waals surface area contributed by atoms with Crippen molar-refractivity contribution in [2.45, 2.75) is 58.8 Å². The monoisotopic (exact) mass is 243 g/mol. The van der Waals surface area contributed by atoms with Crippen LogP contribution in [0.15, 0.2) is 0 Å². The molecule has 17 heavy (non-hydrogen) atoms. The molecule has 0 saturated carbocycles. The zero-order chi connectivity index (χ0) is 13.1. The molecular weight excluding hydrogens is 218 g/mol. The van der Waals surface area contributed by atoms with Crippen LogP contribution in [0.4, 0.5) is 0 Å². The van der Waals surface area contributed by atoms with Crippen LogP contribution in [0.2, 0.25) is 0 Å². The fourth-order valence-corrected chi connectivity index (χ4v) is 1.82. The van der Waals surface area contributed by atoms with Crippen molar-refractivity contribution < 1.29 is 14.7 Å². The predicted molar refractivity (Wildman–Crippen MR) is 67.9 cm³/mol. The molecule has 0 fully saturated rings. The molecule has 0 saturated heterocycles. The highest BCUT2D eigenvalue weighted by atomic mass is 16.4. The van der Waals surface area contributed by atoms with Crippen LogP contribution in [0.5, 0.6) is 0 Å². The van der Waals surface area contributed by atoms with E-state index in [4.69, 9.17) is 5.11 Å². The van der Waals surface area contributed by atoms with Gasteiger partial charge in [0.25, 0.3) is 0 Å². The van der Waals surface area contributed by atoms with Crippen LogP contribution in [0.1, 0.15) is 58.8 Å². The Kier molecular flexibility index (Phi) is 9.49. The van der Waals surface area contributed by atoms with Gasteiger partial charge in [-0.15, -0.1) is 0 Å². The van der Waals surface area contributed by atoms with Crippen molar-refractivity contribution in [1.82, 2.24) is 4.90 Å². The van der Waals surface area contributed by atoms with Crippen molar-refractivity contribution >= 4 is 11.9 Å². The summed E-state index contributed by atoms with van der Waals surface area (Å²) in [6.45, 7) is 5.56. The van der Waals surface area contributed by atoms with E-state index in [2.05, 4.69) is 0 Å². The minimum absolute atomic E-state index is 0.237. The van der Waals surface area contributed by atoms with Gasteiger partial charge in [0.05, 0.1) is 0 Å². The Bertz CT molecular complexity index is 225. The summed E-state index contributed by atoms with van der Waals surface area (Å²) < 4.78 is 0. The average molecular weight is 243 g/mol. The molecule has 4 nitrogen and oxygen atoms in total. The van der Waals surface area contributed by atoms with Gasteiger partial charge in [0.1, 0.15) is 0 Å². The Morgan fingerprint density at radius 3 is 1.82 bits per heavy atom. The van der Waals surface area contributed by atoms with Crippen molar-refractivity contribution in [3.63, 3.8) is 0 Å². The van der Waals surface area contributed by atoms with E-state index in [1.54, 1.807) is 0 Å². The van der Waals surface area contributed by atoms with Crippen LogP contribution in [-0.2, 0) is 9.59 Å². The van der Waals surface area contributed by atoms with Gasteiger partial charge in [-0.05, 0) is 26.7 Å². The lowest BCUT2D eigenvalue weighted by Gasteiger charge is -2.18. The first-order valence-electron chi connectivity index (χ1n) is 6.61. The molecule has 0 atom stereocenters. The second-order valence-electron chi connectivity index (χ2n) is 4.23. The summed E-state index contributed by atoms with van der Waals surface area (Å²) in [5.41, 5.74) is 0. The van der Waals surface area contributed by atoms with Crippen LogP contribution >= 0.6 is 0 Å². The number of rotatable bonds is 10. The number of carboxylic acids is 1. The van der Waals surface area contributed by atoms with Crippen LogP contribution in [-0.4, -0.2) is 35.0 Å². The third-order valence-electron chi connectivity index (χ3n) is 2.90.